The van der Waals surface area contributed by atoms with Gasteiger partial charge < -0.3 is 19.9 Å². The van der Waals surface area contributed by atoms with Gasteiger partial charge in [0.15, 0.2) is 0 Å². The third-order valence-corrected chi connectivity index (χ3v) is 4.66. The molecule has 0 atom stereocenters. The van der Waals surface area contributed by atoms with E-state index in [1.54, 1.807) is 25.3 Å². The van der Waals surface area contributed by atoms with E-state index in [9.17, 15) is 4.79 Å². The van der Waals surface area contributed by atoms with Gasteiger partial charge in [0, 0.05) is 36.9 Å². The predicted octanol–water partition coefficient (Wildman–Crippen LogP) is 4.01. The first-order valence-electron chi connectivity index (χ1n) is 8.28. The second-order valence-corrected chi connectivity index (χ2v) is 6.47. The Morgan fingerprint density at radius 1 is 1.12 bits per heavy atom. The Kier molecular flexibility index (Phi) is 5.34. The van der Waals surface area contributed by atoms with Gasteiger partial charge in [-0.1, -0.05) is 29.8 Å². The second kappa shape index (κ2) is 7.66. The zero-order chi connectivity index (χ0) is 17.8. The molecule has 6 heteroatoms. The van der Waals surface area contributed by atoms with Gasteiger partial charge in [0.05, 0.1) is 12.8 Å². The molecule has 0 unspecified atom stereocenters. The minimum absolute atomic E-state index is 0.134. The molecular formula is C19H22ClN3O2. The van der Waals surface area contributed by atoms with Crippen molar-refractivity contribution in [2.75, 3.05) is 43.5 Å². The Balaban J connectivity index is 1.62. The van der Waals surface area contributed by atoms with Crippen LogP contribution < -0.4 is 15.0 Å². The van der Waals surface area contributed by atoms with Crippen molar-refractivity contribution in [1.82, 2.24) is 4.90 Å². The summed E-state index contributed by atoms with van der Waals surface area (Å²) in [4.78, 5) is 16.7. The molecule has 5 nitrogen and oxygen atoms in total. The highest BCUT2D eigenvalue weighted by atomic mass is 35.5. The van der Waals surface area contributed by atoms with E-state index >= 15 is 0 Å². The van der Waals surface area contributed by atoms with Crippen LogP contribution in [-0.2, 0) is 0 Å². The smallest absolute Gasteiger partial charge is 0.322 e. The molecule has 1 aliphatic rings. The van der Waals surface area contributed by atoms with Crippen LogP contribution in [-0.4, -0.2) is 44.2 Å². The minimum atomic E-state index is -0.134. The molecule has 0 spiro atoms. The van der Waals surface area contributed by atoms with Gasteiger partial charge >= 0.3 is 6.03 Å². The molecule has 0 bridgehead atoms. The van der Waals surface area contributed by atoms with Gasteiger partial charge in [-0.05, 0) is 36.8 Å². The molecule has 2 aromatic carbocycles. The molecule has 0 aliphatic carbocycles. The van der Waals surface area contributed by atoms with Gasteiger partial charge in [0.2, 0.25) is 0 Å². The van der Waals surface area contributed by atoms with Gasteiger partial charge in [0.25, 0.3) is 0 Å². The van der Waals surface area contributed by atoms with Crippen molar-refractivity contribution in [1.29, 1.82) is 0 Å². The fourth-order valence-corrected chi connectivity index (χ4v) is 3.21. The Morgan fingerprint density at radius 3 is 2.52 bits per heavy atom. The Hall–Kier alpha value is -2.40. The van der Waals surface area contributed by atoms with E-state index in [2.05, 4.69) is 29.3 Å². The molecule has 1 saturated heterocycles. The first-order valence-corrected chi connectivity index (χ1v) is 8.66. The SMILES string of the molecule is COc1ccc(Cl)cc1NC(=O)N1CCN(c2ccccc2C)CC1. The number of ether oxygens (including phenoxy) is 1. The van der Waals surface area contributed by atoms with Crippen LogP contribution in [0.25, 0.3) is 0 Å². The van der Waals surface area contributed by atoms with Crippen LogP contribution in [0.5, 0.6) is 5.75 Å². The summed E-state index contributed by atoms with van der Waals surface area (Å²) in [7, 11) is 1.57. The molecule has 2 amide bonds. The van der Waals surface area contributed by atoms with Crippen molar-refractivity contribution in [3.05, 3.63) is 53.1 Å². The van der Waals surface area contributed by atoms with Gasteiger partial charge in [-0.15, -0.1) is 0 Å². The first-order chi connectivity index (χ1) is 12.1. The number of nitrogens with one attached hydrogen (secondary N) is 1. The minimum Gasteiger partial charge on any atom is -0.495 e. The summed E-state index contributed by atoms with van der Waals surface area (Å²) in [5.41, 5.74) is 3.07. The molecule has 0 saturated carbocycles. The highest BCUT2D eigenvalue weighted by Gasteiger charge is 2.22. The summed E-state index contributed by atoms with van der Waals surface area (Å²) >= 11 is 6.02. The zero-order valence-electron chi connectivity index (χ0n) is 14.5. The van der Waals surface area contributed by atoms with E-state index in [1.807, 2.05) is 17.0 Å². The van der Waals surface area contributed by atoms with Crippen LogP contribution in [0.2, 0.25) is 5.02 Å². The Labute approximate surface area is 153 Å². The van der Waals surface area contributed by atoms with E-state index in [0.717, 1.165) is 13.1 Å². The van der Waals surface area contributed by atoms with E-state index in [4.69, 9.17) is 16.3 Å². The zero-order valence-corrected chi connectivity index (χ0v) is 15.2. The molecule has 132 valence electrons. The highest BCUT2D eigenvalue weighted by molar-refractivity contribution is 6.31. The maximum atomic E-state index is 12.6. The van der Waals surface area contributed by atoms with Crippen molar-refractivity contribution in [2.45, 2.75) is 6.92 Å². The van der Waals surface area contributed by atoms with Crippen molar-refractivity contribution >= 4 is 29.0 Å². The number of carbonyl (C=O) groups excluding carboxylic acids is 1. The number of hydrogen-bond acceptors (Lipinski definition) is 3. The number of rotatable bonds is 3. The number of urea groups is 1. The van der Waals surface area contributed by atoms with E-state index < -0.39 is 0 Å². The quantitative estimate of drug-likeness (QED) is 0.900. The number of benzene rings is 2. The molecule has 1 aliphatic heterocycles. The van der Waals surface area contributed by atoms with E-state index in [1.165, 1.54) is 11.3 Å². The normalized spacial score (nSPS) is 14.4. The standard InChI is InChI=1S/C19H22ClN3O2/c1-14-5-3-4-6-17(14)22-9-11-23(12-10-22)19(24)21-16-13-15(20)7-8-18(16)25-2/h3-8,13H,9-12H2,1-2H3,(H,21,24). The molecule has 1 heterocycles. The lowest BCUT2D eigenvalue weighted by atomic mass is 10.1. The van der Waals surface area contributed by atoms with Crippen molar-refractivity contribution in [3.8, 4) is 5.75 Å². The van der Waals surface area contributed by atoms with E-state index in [-0.39, 0.29) is 6.03 Å². The van der Waals surface area contributed by atoms with Crippen LogP contribution in [0, 0.1) is 6.92 Å². The average molecular weight is 360 g/mol. The topological polar surface area (TPSA) is 44.8 Å². The fourth-order valence-electron chi connectivity index (χ4n) is 3.04. The summed E-state index contributed by atoms with van der Waals surface area (Å²) in [6.07, 6.45) is 0. The molecule has 2 aromatic rings. The van der Waals surface area contributed by atoms with Gasteiger partial charge in [-0.25, -0.2) is 4.79 Å². The third-order valence-electron chi connectivity index (χ3n) is 4.43. The number of halogens is 1. The maximum Gasteiger partial charge on any atom is 0.322 e. The van der Waals surface area contributed by atoms with E-state index in [0.29, 0.717) is 29.5 Å². The molecule has 0 aromatic heterocycles. The largest absolute Gasteiger partial charge is 0.495 e. The van der Waals surface area contributed by atoms with Crippen LogP contribution >= 0.6 is 11.6 Å². The molecule has 3 rings (SSSR count). The lowest BCUT2D eigenvalue weighted by molar-refractivity contribution is 0.208. The van der Waals surface area contributed by atoms with Crippen molar-refractivity contribution in [3.63, 3.8) is 0 Å². The van der Waals surface area contributed by atoms with Gasteiger partial charge in [-0.2, -0.15) is 0 Å². The number of hydrogen-bond donors (Lipinski definition) is 1. The predicted molar refractivity (Wildman–Crippen MR) is 102 cm³/mol. The van der Waals surface area contributed by atoms with Crippen LogP contribution in [0.15, 0.2) is 42.5 Å². The summed E-state index contributed by atoms with van der Waals surface area (Å²) in [6, 6.07) is 13.4. The fraction of sp³-hybridized carbons (Fsp3) is 0.316. The summed E-state index contributed by atoms with van der Waals surface area (Å²) in [5, 5.41) is 3.45. The molecule has 0 radical (unpaired) electrons. The Bertz CT molecular complexity index is 758. The number of aryl methyl sites for hydroxylation is 1. The van der Waals surface area contributed by atoms with Crippen LogP contribution in [0.3, 0.4) is 0 Å². The highest BCUT2D eigenvalue weighted by Crippen LogP contribution is 2.28. The maximum absolute atomic E-state index is 12.6. The first kappa shape index (κ1) is 17.4. The number of amides is 2. The number of piperazine rings is 1. The summed E-state index contributed by atoms with van der Waals surface area (Å²) < 4.78 is 5.28. The third kappa shape index (κ3) is 3.99. The molecule has 25 heavy (non-hydrogen) atoms. The van der Waals surface area contributed by atoms with Crippen LogP contribution in [0.4, 0.5) is 16.2 Å². The van der Waals surface area contributed by atoms with Gasteiger partial charge in [-0.3, -0.25) is 0 Å². The number of carbonyl (C=O) groups is 1. The summed E-state index contributed by atoms with van der Waals surface area (Å²) in [5.74, 6) is 0.594. The summed E-state index contributed by atoms with van der Waals surface area (Å²) in [6.45, 7) is 5.07. The lowest BCUT2D eigenvalue weighted by Gasteiger charge is -2.36. The van der Waals surface area contributed by atoms with Crippen molar-refractivity contribution in [2.24, 2.45) is 0 Å². The monoisotopic (exact) mass is 359 g/mol. The molecule has 1 fully saturated rings. The number of anilines is 2. The van der Waals surface area contributed by atoms with Gasteiger partial charge in [0.1, 0.15) is 5.75 Å². The van der Waals surface area contributed by atoms with Crippen molar-refractivity contribution < 1.29 is 9.53 Å². The van der Waals surface area contributed by atoms with Crippen LogP contribution in [0.1, 0.15) is 5.56 Å². The lowest BCUT2D eigenvalue weighted by Crippen LogP contribution is -2.50. The second-order valence-electron chi connectivity index (χ2n) is 6.04. The average Bonchev–Trinajstić information content (AvgIpc) is 2.62. The number of methoxy groups -OCH3 is 1. The molecule has 1 N–H and O–H groups in total. The number of nitrogens with zero attached hydrogens (tertiary/aromatic N) is 2. The number of para-hydroxylation sites is 1. The molecular weight excluding hydrogens is 338 g/mol. The Morgan fingerprint density at radius 2 is 1.84 bits per heavy atom.